The third-order valence-corrected chi connectivity index (χ3v) is 8.22. The van der Waals surface area contributed by atoms with Crippen LogP contribution < -0.4 is 10.2 Å². The number of nitrogens with zero attached hydrogens (tertiary/aromatic N) is 4. The van der Waals surface area contributed by atoms with E-state index in [4.69, 9.17) is 0 Å². The molecule has 0 aliphatic carbocycles. The van der Waals surface area contributed by atoms with Crippen LogP contribution in [0.4, 0.5) is 5.69 Å². The lowest BCUT2D eigenvalue weighted by molar-refractivity contribution is -0.126. The molecule has 9 heteroatoms. The Balaban J connectivity index is 1.27. The highest BCUT2D eigenvalue weighted by molar-refractivity contribution is 7.10. The number of hydrogen-bond donors (Lipinski definition) is 1. The number of piperidine rings is 1. The second kappa shape index (κ2) is 9.89. The van der Waals surface area contributed by atoms with E-state index in [2.05, 4.69) is 28.3 Å². The van der Waals surface area contributed by atoms with E-state index in [1.807, 2.05) is 43.7 Å². The Hall–Kier alpha value is -3.46. The molecule has 0 spiro atoms. The first kappa shape index (κ1) is 24.2. The second-order valence-corrected chi connectivity index (χ2v) is 10.5. The van der Waals surface area contributed by atoms with Gasteiger partial charge in [0, 0.05) is 42.7 Å². The number of nitrogens with one attached hydrogen (secondary N) is 1. The quantitative estimate of drug-likeness (QED) is 0.489. The number of aryl methyl sites for hydroxylation is 2. The van der Waals surface area contributed by atoms with E-state index in [0.29, 0.717) is 37.1 Å². The van der Waals surface area contributed by atoms with Crippen molar-refractivity contribution < 1.29 is 14.4 Å². The van der Waals surface area contributed by atoms with Crippen LogP contribution >= 0.6 is 11.3 Å². The van der Waals surface area contributed by atoms with Crippen LogP contribution in [0.25, 0.3) is 0 Å². The van der Waals surface area contributed by atoms with Crippen molar-refractivity contribution in [1.29, 1.82) is 0 Å². The van der Waals surface area contributed by atoms with Crippen LogP contribution in [-0.2, 0) is 18.4 Å². The molecule has 1 N–H and O–H groups in total. The largest absolute Gasteiger partial charge is 0.371 e. The van der Waals surface area contributed by atoms with Crippen molar-refractivity contribution >= 4 is 34.7 Å². The van der Waals surface area contributed by atoms with Crippen molar-refractivity contribution in [3.8, 4) is 0 Å². The van der Waals surface area contributed by atoms with Crippen LogP contribution in [0, 0.1) is 12.8 Å². The normalized spacial score (nSPS) is 17.0. The Kier molecular flexibility index (Phi) is 6.66. The summed E-state index contributed by atoms with van der Waals surface area (Å²) in [6, 6.07) is 9.60. The van der Waals surface area contributed by atoms with Gasteiger partial charge in [0.1, 0.15) is 0 Å². The van der Waals surface area contributed by atoms with Crippen LogP contribution in [0.15, 0.2) is 41.9 Å². The van der Waals surface area contributed by atoms with Crippen molar-refractivity contribution in [3.63, 3.8) is 0 Å². The highest BCUT2D eigenvalue weighted by Gasteiger charge is 2.39. The molecule has 0 unspecified atom stereocenters. The van der Waals surface area contributed by atoms with Crippen LogP contribution in [-0.4, -0.2) is 45.5 Å². The van der Waals surface area contributed by atoms with E-state index in [9.17, 15) is 14.4 Å². The molecule has 188 valence electrons. The van der Waals surface area contributed by atoms with Gasteiger partial charge in [0.2, 0.25) is 5.91 Å². The van der Waals surface area contributed by atoms with Gasteiger partial charge in [-0.15, -0.1) is 11.3 Å². The molecule has 5 rings (SSSR count). The van der Waals surface area contributed by atoms with E-state index in [-0.39, 0.29) is 36.2 Å². The summed E-state index contributed by atoms with van der Waals surface area (Å²) in [5.41, 5.74) is 3.35. The van der Waals surface area contributed by atoms with Crippen LogP contribution in [0.1, 0.15) is 69.1 Å². The molecule has 8 nitrogen and oxygen atoms in total. The predicted octanol–water partition coefficient (Wildman–Crippen LogP) is 4.07. The summed E-state index contributed by atoms with van der Waals surface area (Å²) in [5, 5.41) is 9.59. The molecule has 3 aromatic rings. The zero-order chi connectivity index (χ0) is 25.4. The average molecular weight is 506 g/mol. The third-order valence-electron chi connectivity index (χ3n) is 7.24. The Morgan fingerprint density at radius 1 is 1.17 bits per heavy atom. The molecule has 0 bridgehead atoms. The number of amides is 3. The lowest BCUT2D eigenvalue weighted by Gasteiger charge is -2.34. The number of anilines is 1. The number of hydrogen-bond acceptors (Lipinski definition) is 6. The number of aromatic nitrogens is 2. The fraction of sp³-hybridized carbons (Fsp3) is 0.407. The smallest absolute Gasteiger partial charge is 0.263 e. The number of rotatable bonds is 7. The number of carbonyl (C=O) groups is 3. The molecule has 1 atom stereocenters. The minimum Gasteiger partial charge on any atom is -0.371 e. The van der Waals surface area contributed by atoms with Gasteiger partial charge in [-0.1, -0.05) is 19.1 Å². The van der Waals surface area contributed by atoms with E-state index < -0.39 is 0 Å². The zero-order valence-electron chi connectivity index (χ0n) is 20.9. The van der Waals surface area contributed by atoms with Gasteiger partial charge in [-0.05, 0) is 49.8 Å². The average Bonchev–Trinajstić information content (AvgIpc) is 3.58. The van der Waals surface area contributed by atoms with Gasteiger partial charge in [-0.25, -0.2) is 0 Å². The van der Waals surface area contributed by atoms with Crippen LogP contribution in [0.2, 0.25) is 0 Å². The molecule has 1 aromatic carbocycles. The molecule has 3 amide bonds. The summed E-state index contributed by atoms with van der Waals surface area (Å²) < 4.78 is 1.69. The first-order valence-electron chi connectivity index (χ1n) is 12.4. The van der Waals surface area contributed by atoms with Crippen molar-refractivity contribution in [2.24, 2.45) is 13.0 Å². The summed E-state index contributed by atoms with van der Waals surface area (Å²) in [6.07, 6.45) is 4.11. The van der Waals surface area contributed by atoms with Crippen LogP contribution in [0.3, 0.4) is 0 Å². The second-order valence-electron chi connectivity index (χ2n) is 9.56. The van der Waals surface area contributed by atoms with Crippen LogP contribution in [0.5, 0.6) is 0 Å². The maximum absolute atomic E-state index is 13.4. The molecule has 1 saturated heterocycles. The first-order chi connectivity index (χ1) is 17.4. The molecule has 0 radical (unpaired) electrons. The standard InChI is InChI=1S/C27H31N5O3S/c1-4-21(23-9-6-14-36-23)28-25(33)18-10-12-31(13-11-18)22-8-5-7-20-24(22)27(35)32(26(20)34)16-19-15-30(3)29-17(19)2/h5-9,14-15,18,21H,4,10-13,16H2,1-3H3,(H,28,33)/t21-/m1/s1. The van der Waals surface area contributed by atoms with E-state index in [0.717, 1.165) is 23.4 Å². The SMILES string of the molecule is CC[C@@H](NC(=O)C1CCN(c2cccc3c2C(=O)N(Cc2cn(C)nc2C)C3=O)CC1)c1cccs1. The fourth-order valence-electron chi connectivity index (χ4n) is 5.23. The first-order valence-corrected chi connectivity index (χ1v) is 13.3. The van der Waals surface area contributed by atoms with E-state index in [1.165, 1.54) is 9.78 Å². The minimum atomic E-state index is -0.270. The number of thiophene rings is 1. The van der Waals surface area contributed by atoms with E-state index in [1.54, 1.807) is 22.1 Å². The maximum atomic E-state index is 13.4. The van der Waals surface area contributed by atoms with Gasteiger partial charge in [-0.2, -0.15) is 5.10 Å². The molecular formula is C27H31N5O3S. The molecule has 2 aromatic heterocycles. The molecular weight excluding hydrogens is 474 g/mol. The summed E-state index contributed by atoms with van der Waals surface area (Å²) in [4.78, 5) is 44.2. The van der Waals surface area contributed by atoms with Gasteiger partial charge in [0.05, 0.1) is 35.1 Å². The Bertz CT molecular complexity index is 1290. The summed E-state index contributed by atoms with van der Waals surface area (Å²) >= 11 is 1.66. The van der Waals surface area contributed by atoms with Crippen molar-refractivity contribution in [3.05, 3.63) is 69.2 Å². The summed E-state index contributed by atoms with van der Waals surface area (Å²) in [6.45, 7) is 5.49. The Morgan fingerprint density at radius 2 is 1.94 bits per heavy atom. The lowest BCUT2D eigenvalue weighted by Crippen LogP contribution is -2.42. The number of carbonyl (C=O) groups excluding carboxylic acids is 3. The Morgan fingerprint density at radius 3 is 2.58 bits per heavy atom. The summed E-state index contributed by atoms with van der Waals surface area (Å²) in [5.74, 6) is -0.504. The molecule has 36 heavy (non-hydrogen) atoms. The van der Waals surface area contributed by atoms with Crippen molar-refractivity contribution in [1.82, 2.24) is 20.0 Å². The Labute approximate surface area is 214 Å². The molecule has 2 aliphatic rings. The minimum absolute atomic E-state index is 0.0472. The van der Waals surface area contributed by atoms with Gasteiger partial charge in [-0.3, -0.25) is 24.0 Å². The van der Waals surface area contributed by atoms with Crippen molar-refractivity contribution in [2.75, 3.05) is 18.0 Å². The number of fused-ring (bicyclic) bond motifs is 1. The highest BCUT2D eigenvalue weighted by atomic mass is 32.1. The molecule has 4 heterocycles. The van der Waals surface area contributed by atoms with E-state index >= 15 is 0 Å². The van der Waals surface area contributed by atoms with Gasteiger partial charge < -0.3 is 10.2 Å². The molecule has 2 aliphatic heterocycles. The highest BCUT2D eigenvalue weighted by Crippen LogP contribution is 2.35. The van der Waals surface area contributed by atoms with Gasteiger partial charge >= 0.3 is 0 Å². The van der Waals surface area contributed by atoms with Gasteiger partial charge in [0.25, 0.3) is 11.8 Å². The van der Waals surface area contributed by atoms with Crippen molar-refractivity contribution in [2.45, 2.75) is 45.7 Å². The number of benzene rings is 1. The zero-order valence-corrected chi connectivity index (χ0v) is 21.7. The molecule has 1 fully saturated rings. The maximum Gasteiger partial charge on any atom is 0.263 e. The monoisotopic (exact) mass is 505 g/mol. The topological polar surface area (TPSA) is 87.5 Å². The summed E-state index contributed by atoms with van der Waals surface area (Å²) in [7, 11) is 1.82. The third kappa shape index (κ3) is 4.43. The predicted molar refractivity (Wildman–Crippen MR) is 139 cm³/mol. The number of imide groups is 1. The van der Waals surface area contributed by atoms with Gasteiger partial charge in [0.15, 0.2) is 0 Å². The fourth-order valence-corrected chi connectivity index (χ4v) is 6.09. The molecule has 0 saturated carbocycles. The lowest BCUT2D eigenvalue weighted by atomic mass is 9.94.